The summed E-state index contributed by atoms with van der Waals surface area (Å²) in [4.78, 5) is 32.0. The Morgan fingerprint density at radius 2 is 1.97 bits per heavy atom. The highest BCUT2D eigenvalue weighted by molar-refractivity contribution is 7.99. The number of rotatable bonds is 5. The summed E-state index contributed by atoms with van der Waals surface area (Å²) in [6.45, 7) is 3.95. The molecule has 0 saturated carbocycles. The molecule has 0 unspecified atom stereocenters. The molecule has 30 heavy (non-hydrogen) atoms. The van der Waals surface area contributed by atoms with Crippen LogP contribution in [0.2, 0.25) is 5.02 Å². The van der Waals surface area contributed by atoms with Gasteiger partial charge in [0.1, 0.15) is 5.39 Å². The van der Waals surface area contributed by atoms with Crippen LogP contribution in [-0.4, -0.2) is 31.4 Å². The molecule has 152 valence electrons. The molecule has 0 atom stereocenters. The fourth-order valence-corrected chi connectivity index (χ4v) is 3.79. The van der Waals surface area contributed by atoms with E-state index in [1.165, 1.54) is 6.20 Å². The number of carbonyl (C=O) groups excluding carboxylic acids is 1. The van der Waals surface area contributed by atoms with Gasteiger partial charge in [0, 0.05) is 10.7 Å². The number of fused-ring (bicyclic) bond motifs is 1. The smallest absolute Gasteiger partial charge is 0.262 e. The SMILES string of the molecule is Cc1ccc(NC(=O)CSc2nc3c(cnn3-c3ccc(Cl)cc3)c(=O)[nH]2)c(C)c1. The Morgan fingerprint density at radius 1 is 1.20 bits per heavy atom. The van der Waals surface area contributed by atoms with Gasteiger partial charge in [-0.05, 0) is 49.7 Å². The van der Waals surface area contributed by atoms with Crippen molar-refractivity contribution in [2.24, 2.45) is 0 Å². The molecule has 2 N–H and O–H groups in total. The quantitative estimate of drug-likeness (QED) is 0.360. The second-order valence-corrected chi connectivity index (χ2v) is 8.20. The predicted molar refractivity (Wildman–Crippen MR) is 120 cm³/mol. The number of H-pyrrole nitrogens is 1. The molecule has 9 heteroatoms. The molecule has 2 aromatic heterocycles. The number of thioether (sulfide) groups is 1. The number of nitrogens with one attached hydrogen (secondary N) is 2. The number of aryl methyl sites for hydroxylation is 2. The van der Waals surface area contributed by atoms with Gasteiger partial charge in [0.2, 0.25) is 5.91 Å². The third-order valence-electron chi connectivity index (χ3n) is 4.48. The van der Waals surface area contributed by atoms with Crippen LogP contribution >= 0.6 is 23.4 Å². The molecule has 0 aliphatic carbocycles. The zero-order chi connectivity index (χ0) is 21.3. The van der Waals surface area contributed by atoms with Gasteiger partial charge in [-0.3, -0.25) is 9.59 Å². The minimum atomic E-state index is -0.308. The van der Waals surface area contributed by atoms with E-state index >= 15 is 0 Å². The zero-order valence-electron chi connectivity index (χ0n) is 16.3. The number of anilines is 1. The summed E-state index contributed by atoms with van der Waals surface area (Å²) in [5.74, 6) is -0.0717. The molecule has 0 radical (unpaired) electrons. The molecule has 0 spiro atoms. The number of benzene rings is 2. The third kappa shape index (κ3) is 4.24. The summed E-state index contributed by atoms with van der Waals surface area (Å²) in [6.07, 6.45) is 1.47. The highest BCUT2D eigenvalue weighted by Crippen LogP contribution is 2.20. The van der Waals surface area contributed by atoms with E-state index in [9.17, 15) is 9.59 Å². The molecule has 0 aliphatic heterocycles. The Labute approximate surface area is 181 Å². The normalized spacial score (nSPS) is 11.0. The van der Waals surface area contributed by atoms with Crippen LogP contribution < -0.4 is 10.9 Å². The molecule has 0 saturated heterocycles. The van der Waals surface area contributed by atoms with E-state index in [1.807, 2.05) is 32.0 Å². The average Bonchev–Trinajstić information content (AvgIpc) is 3.14. The van der Waals surface area contributed by atoms with Crippen molar-refractivity contribution >= 4 is 46.0 Å². The van der Waals surface area contributed by atoms with E-state index in [0.717, 1.165) is 34.3 Å². The number of nitrogens with zero attached hydrogens (tertiary/aromatic N) is 3. The molecule has 0 bridgehead atoms. The highest BCUT2D eigenvalue weighted by Gasteiger charge is 2.13. The maximum atomic E-state index is 12.4. The van der Waals surface area contributed by atoms with Gasteiger partial charge < -0.3 is 10.3 Å². The van der Waals surface area contributed by atoms with E-state index in [4.69, 9.17) is 11.6 Å². The fourth-order valence-electron chi connectivity index (χ4n) is 3.01. The van der Waals surface area contributed by atoms with Crippen molar-refractivity contribution in [3.8, 4) is 5.69 Å². The monoisotopic (exact) mass is 439 g/mol. The highest BCUT2D eigenvalue weighted by atomic mass is 35.5. The van der Waals surface area contributed by atoms with Crippen LogP contribution in [0.15, 0.2) is 58.6 Å². The number of carbonyl (C=O) groups is 1. The standard InChI is InChI=1S/C21H18ClN5O2S/c1-12-3-8-17(13(2)9-12)24-18(28)11-30-21-25-19-16(20(29)26-21)10-23-27(19)15-6-4-14(22)5-7-15/h3-10H,11H2,1-2H3,(H,24,28)(H,25,26,29). The van der Waals surface area contributed by atoms with E-state index in [1.54, 1.807) is 28.9 Å². The van der Waals surface area contributed by atoms with Crippen LogP contribution in [0.4, 0.5) is 5.69 Å². The Bertz CT molecular complexity index is 1300. The van der Waals surface area contributed by atoms with Gasteiger partial charge >= 0.3 is 0 Å². The third-order valence-corrected chi connectivity index (χ3v) is 5.61. The topological polar surface area (TPSA) is 92.7 Å². The Hall–Kier alpha value is -3.10. The van der Waals surface area contributed by atoms with Gasteiger partial charge in [-0.25, -0.2) is 9.67 Å². The first-order valence-corrected chi connectivity index (χ1v) is 10.5. The van der Waals surface area contributed by atoms with E-state index in [0.29, 0.717) is 21.2 Å². The maximum absolute atomic E-state index is 12.4. The average molecular weight is 440 g/mol. The molecule has 2 heterocycles. The Balaban J connectivity index is 1.54. The van der Waals surface area contributed by atoms with Gasteiger partial charge in [-0.1, -0.05) is 41.1 Å². The van der Waals surface area contributed by atoms with Gasteiger partial charge in [0.05, 0.1) is 17.6 Å². The number of aromatic amines is 1. The fraction of sp³-hybridized carbons (Fsp3) is 0.143. The second kappa shape index (κ2) is 8.33. The first kappa shape index (κ1) is 20.2. The van der Waals surface area contributed by atoms with Gasteiger partial charge in [-0.2, -0.15) is 5.10 Å². The summed E-state index contributed by atoms with van der Waals surface area (Å²) < 4.78 is 1.57. The zero-order valence-corrected chi connectivity index (χ0v) is 17.8. The van der Waals surface area contributed by atoms with Crippen LogP contribution in [0.3, 0.4) is 0 Å². The predicted octanol–water partition coefficient (Wildman–Crippen LogP) is 4.11. The lowest BCUT2D eigenvalue weighted by Gasteiger charge is -2.09. The van der Waals surface area contributed by atoms with Gasteiger partial charge in [0.25, 0.3) is 5.56 Å². The van der Waals surface area contributed by atoms with Crippen molar-refractivity contribution < 1.29 is 4.79 Å². The molecule has 1 amide bonds. The van der Waals surface area contributed by atoms with E-state index in [-0.39, 0.29) is 17.2 Å². The molecule has 0 fully saturated rings. The summed E-state index contributed by atoms with van der Waals surface area (Å²) in [7, 11) is 0. The number of amides is 1. The molecule has 0 aliphatic rings. The molecule has 7 nitrogen and oxygen atoms in total. The molecule has 2 aromatic carbocycles. The van der Waals surface area contributed by atoms with E-state index in [2.05, 4.69) is 20.4 Å². The Morgan fingerprint density at radius 3 is 2.70 bits per heavy atom. The van der Waals surface area contributed by atoms with Crippen LogP contribution in [0, 0.1) is 13.8 Å². The van der Waals surface area contributed by atoms with Crippen molar-refractivity contribution in [3.63, 3.8) is 0 Å². The van der Waals surface area contributed by atoms with Crippen molar-refractivity contribution in [1.82, 2.24) is 19.7 Å². The van der Waals surface area contributed by atoms with Crippen molar-refractivity contribution in [2.45, 2.75) is 19.0 Å². The minimum absolute atomic E-state index is 0.108. The van der Waals surface area contributed by atoms with Gasteiger partial charge in [-0.15, -0.1) is 0 Å². The minimum Gasteiger partial charge on any atom is -0.325 e. The van der Waals surface area contributed by atoms with Crippen LogP contribution in [0.25, 0.3) is 16.7 Å². The molecule has 4 rings (SSSR count). The summed E-state index contributed by atoms with van der Waals surface area (Å²) >= 11 is 7.10. The summed E-state index contributed by atoms with van der Waals surface area (Å²) in [5, 5.41) is 8.47. The second-order valence-electron chi connectivity index (χ2n) is 6.80. The number of hydrogen-bond donors (Lipinski definition) is 2. The molecule has 4 aromatic rings. The van der Waals surface area contributed by atoms with Crippen molar-refractivity contribution in [3.05, 3.63) is 75.2 Å². The van der Waals surface area contributed by atoms with Crippen LogP contribution in [0.5, 0.6) is 0 Å². The number of aromatic nitrogens is 4. The van der Waals surface area contributed by atoms with Gasteiger partial charge in [0.15, 0.2) is 10.8 Å². The molecular weight excluding hydrogens is 422 g/mol. The van der Waals surface area contributed by atoms with Crippen molar-refractivity contribution in [1.29, 1.82) is 0 Å². The number of halogens is 1. The van der Waals surface area contributed by atoms with Crippen molar-refractivity contribution in [2.75, 3.05) is 11.1 Å². The maximum Gasteiger partial charge on any atom is 0.262 e. The summed E-state index contributed by atoms with van der Waals surface area (Å²) in [5.41, 5.74) is 3.73. The molecular formula is C21H18ClN5O2S. The Kier molecular flexibility index (Phi) is 5.61. The van der Waals surface area contributed by atoms with Crippen LogP contribution in [-0.2, 0) is 4.79 Å². The lowest BCUT2D eigenvalue weighted by Crippen LogP contribution is -2.16. The first-order valence-electron chi connectivity index (χ1n) is 9.14. The summed E-state index contributed by atoms with van der Waals surface area (Å²) in [6, 6.07) is 12.9. The first-order chi connectivity index (χ1) is 14.4. The lowest BCUT2D eigenvalue weighted by atomic mass is 10.1. The van der Waals surface area contributed by atoms with E-state index < -0.39 is 0 Å². The number of hydrogen-bond acceptors (Lipinski definition) is 5. The van der Waals surface area contributed by atoms with Crippen LogP contribution in [0.1, 0.15) is 11.1 Å². The largest absolute Gasteiger partial charge is 0.325 e. The lowest BCUT2D eigenvalue weighted by molar-refractivity contribution is -0.113.